The Morgan fingerprint density at radius 3 is 2.10 bits per heavy atom. The molecule has 1 rings (SSSR count). The van der Waals surface area contributed by atoms with Gasteiger partial charge in [-0.2, -0.15) is 0 Å². The van der Waals surface area contributed by atoms with E-state index in [9.17, 15) is 9.59 Å². The van der Waals surface area contributed by atoms with Crippen molar-refractivity contribution in [2.75, 3.05) is 33.3 Å². The van der Waals surface area contributed by atoms with E-state index in [0.29, 0.717) is 32.6 Å². The van der Waals surface area contributed by atoms with Gasteiger partial charge < -0.3 is 14.4 Å². The van der Waals surface area contributed by atoms with Gasteiger partial charge in [0.05, 0.1) is 7.11 Å². The number of ether oxygens (including phenoxy) is 2. The predicted octanol–water partition coefficient (Wildman–Crippen LogP) is 1.49. The number of hydrogen-bond acceptors (Lipinski definition) is 5. The fourth-order valence-corrected chi connectivity index (χ4v) is 2.25. The number of piperazine rings is 1. The first kappa shape index (κ1) is 16.8. The summed E-state index contributed by atoms with van der Waals surface area (Å²) < 4.78 is 10.2. The highest BCUT2D eigenvalue weighted by Gasteiger charge is 2.31. The maximum Gasteiger partial charge on any atom is 0.410 e. The molecule has 1 atom stereocenters. The zero-order valence-corrected chi connectivity index (χ0v) is 13.1. The van der Waals surface area contributed by atoms with Crippen molar-refractivity contribution in [1.82, 2.24) is 9.80 Å². The van der Waals surface area contributed by atoms with Crippen molar-refractivity contribution in [3.63, 3.8) is 0 Å². The first-order chi connectivity index (χ1) is 9.28. The topological polar surface area (TPSA) is 59.1 Å². The van der Waals surface area contributed by atoms with E-state index in [-0.39, 0.29) is 18.1 Å². The van der Waals surface area contributed by atoms with Gasteiger partial charge in [0.1, 0.15) is 11.6 Å². The minimum absolute atomic E-state index is 0.210. The van der Waals surface area contributed by atoms with Crippen molar-refractivity contribution in [2.24, 2.45) is 0 Å². The van der Waals surface area contributed by atoms with Crippen LogP contribution < -0.4 is 0 Å². The van der Waals surface area contributed by atoms with Gasteiger partial charge in [0.2, 0.25) is 0 Å². The molecule has 0 N–H and O–H groups in total. The summed E-state index contributed by atoms with van der Waals surface area (Å²) in [4.78, 5) is 27.4. The summed E-state index contributed by atoms with van der Waals surface area (Å²) in [7, 11) is 1.40. The highest BCUT2D eigenvalue weighted by atomic mass is 16.6. The van der Waals surface area contributed by atoms with Crippen LogP contribution in [0.4, 0.5) is 4.79 Å². The molecule has 1 aliphatic rings. The second-order valence-electron chi connectivity index (χ2n) is 5.95. The van der Waals surface area contributed by atoms with Crippen molar-refractivity contribution < 1.29 is 19.1 Å². The molecule has 0 saturated carbocycles. The third-order valence-corrected chi connectivity index (χ3v) is 3.27. The summed E-state index contributed by atoms with van der Waals surface area (Å²) in [5.41, 5.74) is -0.480. The summed E-state index contributed by atoms with van der Waals surface area (Å²) in [5, 5.41) is 0. The van der Waals surface area contributed by atoms with Gasteiger partial charge >= 0.3 is 12.1 Å². The van der Waals surface area contributed by atoms with E-state index in [1.807, 2.05) is 27.7 Å². The fourth-order valence-electron chi connectivity index (χ4n) is 2.25. The van der Waals surface area contributed by atoms with Crippen LogP contribution in [0.15, 0.2) is 0 Å². The van der Waals surface area contributed by atoms with E-state index in [0.717, 1.165) is 0 Å². The molecule has 6 nitrogen and oxygen atoms in total. The summed E-state index contributed by atoms with van der Waals surface area (Å²) in [6, 6.07) is -0.221. The van der Waals surface area contributed by atoms with Crippen LogP contribution >= 0.6 is 0 Å². The number of carbonyl (C=O) groups is 2. The second kappa shape index (κ2) is 6.92. The molecule has 1 amide bonds. The van der Waals surface area contributed by atoms with Gasteiger partial charge in [-0.25, -0.2) is 4.79 Å². The van der Waals surface area contributed by atoms with Crippen molar-refractivity contribution in [3.8, 4) is 0 Å². The Hall–Kier alpha value is -1.30. The molecular formula is C14H26N2O4. The van der Waals surface area contributed by atoms with Crippen LogP contribution in [0.3, 0.4) is 0 Å². The average Bonchev–Trinajstić information content (AvgIpc) is 2.38. The van der Waals surface area contributed by atoms with Gasteiger partial charge in [0, 0.05) is 26.2 Å². The van der Waals surface area contributed by atoms with Crippen molar-refractivity contribution >= 4 is 12.1 Å². The fraction of sp³-hybridized carbons (Fsp3) is 0.857. The van der Waals surface area contributed by atoms with Crippen LogP contribution in [0.25, 0.3) is 0 Å². The van der Waals surface area contributed by atoms with Gasteiger partial charge in [0.15, 0.2) is 0 Å². The van der Waals surface area contributed by atoms with Crippen LogP contribution in [0.5, 0.6) is 0 Å². The van der Waals surface area contributed by atoms with Gasteiger partial charge in [0.25, 0.3) is 0 Å². The van der Waals surface area contributed by atoms with E-state index in [2.05, 4.69) is 4.90 Å². The largest absolute Gasteiger partial charge is 0.468 e. The second-order valence-corrected chi connectivity index (χ2v) is 5.95. The lowest BCUT2D eigenvalue weighted by Crippen LogP contribution is -2.54. The maximum absolute atomic E-state index is 11.9. The highest BCUT2D eigenvalue weighted by Crippen LogP contribution is 2.14. The lowest BCUT2D eigenvalue weighted by Gasteiger charge is -2.38. The summed E-state index contributed by atoms with van der Waals surface area (Å²) >= 11 is 0. The zero-order chi connectivity index (χ0) is 15.3. The van der Waals surface area contributed by atoms with E-state index >= 15 is 0 Å². The molecule has 0 radical (unpaired) electrons. The SMILES string of the molecule is CCC(C(=O)OC)N1CCN(C(=O)OC(C)(C)C)CC1. The number of amides is 1. The van der Waals surface area contributed by atoms with Gasteiger partial charge in [-0.15, -0.1) is 0 Å². The normalized spacial score (nSPS) is 18.6. The van der Waals surface area contributed by atoms with E-state index in [4.69, 9.17) is 9.47 Å². The number of nitrogens with zero attached hydrogens (tertiary/aromatic N) is 2. The first-order valence-electron chi connectivity index (χ1n) is 7.08. The van der Waals surface area contributed by atoms with Crippen LogP contribution in [-0.2, 0) is 14.3 Å². The molecule has 0 bridgehead atoms. The maximum atomic E-state index is 11.9. The molecule has 116 valence electrons. The minimum atomic E-state index is -0.480. The summed E-state index contributed by atoms with van der Waals surface area (Å²) in [6.45, 7) is 9.98. The third-order valence-electron chi connectivity index (χ3n) is 3.27. The summed E-state index contributed by atoms with van der Waals surface area (Å²) in [6.07, 6.45) is 0.419. The minimum Gasteiger partial charge on any atom is -0.468 e. The summed E-state index contributed by atoms with van der Waals surface area (Å²) in [5.74, 6) is -0.210. The van der Waals surface area contributed by atoms with Crippen molar-refractivity contribution in [1.29, 1.82) is 0 Å². The lowest BCUT2D eigenvalue weighted by atomic mass is 10.1. The monoisotopic (exact) mass is 286 g/mol. The molecule has 0 aromatic heterocycles. The zero-order valence-electron chi connectivity index (χ0n) is 13.1. The molecule has 6 heteroatoms. The van der Waals surface area contributed by atoms with Gasteiger partial charge in [-0.1, -0.05) is 6.92 Å². The molecule has 20 heavy (non-hydrogen) atoms. The first-order valence-corrected chi connectivity index (χ1v) is 7.08. The van der Waals surface area contributed by atoms with Gasteiger partial charge in [-0.05, 0) is 27.2 Å². The number of methoxy groups -OCH3 is 1. The van der Waals surface area contributed by atoms with E-state index in [1.165, 1.54) is 7.11 Å². The number of rotatable bonds is 3. The smallest absolute Gasteiger partial charge is 0.410 e. The average molecular weight is 286 g/mol. The van der Waals surface area contributed by atoms with Gasteiger partial charge in [-0.3, -0.25) is 9.69 Å². The number of carbonyl (C=O) groups excluding carboxylic acids is 2. The molecule has 0 aliphatic carbocycles. The standard InChI is InChI=1S/C14H26N2O4/c1-6-11(12(17)19-5)15-7-9-16(10-8-15)13(18)20-14(2,3)4/h11H,6-10H2,1-5H3. The van der Waals surface area contributed by atoms with E-state index < -0.39 is 5.60 Å². The molecule has 1 saturated heterocycles. The molecule has 0 aromatic carbocycles. The quantitative estimate of drug-likeness (QED) is 0.736. The van der Waals surface area contributed by atoms with Crippen LogP contribution in [-0.4, -0.2) is 66.8 Å². The molecule has 1 fully saturated rings. The van der Waals surface area contributed by atoms with Crippen LogP contribution in [0.1, 0.15) is 34.1 Å². The Morgan fingerprint density at radius 2 is 1.70 bits per heavy atom. The lowest BCUT2D eigenvalue weighted by molar-refractivity contribution is -0.147. The molecule has 1 aliphatic heterocycles. The molecule has 0 aromatic rings. The van der Waals surface area contributed by atoms with E-state index in [1.54, 1.807) is 4.90 Å². The predicted molar refractivity (Wildman–Crippen MR) is 75.5 cm³/mol. The van der Waals surface area contributed by atoms with Crippen molar-refractivity contribution in [3.05, 3.63) is 0 Å². The third kappa shape index (κ3) is 4.67. The van der Waals surface area contributed by atoms with Crippen molar-refractivity contribution in [2.45, 2.75) is 45.8 Å². The van der Waals surface area contributed by atoms with Crippen LogP contribution in [0.2, 0.25) is 0 Å². The Morgan fingerprint density at radius 1 is 1.15 bits per heavy atom. The Balaban J connectivity index is 2.51. The number of esters is 1. The van der Waals surface area contributed by atoms with Crippen LogP contribution in [0, 0.1) is 0 Å². The highest BCUT2D eigenvalue weighted by molar-refractivity contribution is 5.75. The number of hydrogen-bond donors (Lipinski definition) is 0. The molecule has 1 unspecified atom stereocenters. The Labute approximate surface area is 121 Å². The Kier molecular flexibility index (Phi) is 5.80. The Bertz CT molecular complexity index is 344. The molecule has 0 spiro atoms. The molecular weight excluding hydrogens is 260 g/mol. The molecule has 1 heterocycles.